The third-order valence-electron chi connectivity index (χ3n) is 4.15. The summed E-state index contributed by atoms with van der Waals surface area (Å²) < 4.78 is 18.6. The Morgan fingerprint density at radius 3 is 2.81 bits per heavy atom. The third-order valence-corrected chi connectivity index (χ3v) is 5.23. The fraction of sp³-hybridized carbons (Fsp3) is 0.150. The lowest BCUT2D eigenvalue weighted by Gasteiger charge is -2.05. The largest absolute Gasteiger partial charge is 0.370 e. The van der Waals surface area contributed by atoms with Crippen LogP contribution in [-0.2, 0) is 6.42 Å². The van der Waals surface area contributed by atoms with Gasteiger partial charge in [-0.1, -0.05) is 17.3 Å². The van der Waals surface area contributed by atoms with Crippen molar-refractivity contribution in [1.29, 1.82) is 0 Å². The second-order valence-corrected chi connectivity index (χ2v) is 7.07. The molecule has 0 amide bonds. The summed E-state index contributed by atoms with van der Waals surface area (Å²) in [6.07, 6.45) is 2.65. The molecule has 0 fully saturated rings. The first-order valence-corrected chi connectivity index (χ1v) is 9.40. The Bertz CT molecular complexity index is 1040. The average molecular weight is 380 g/mol. The van der Waals surface area contributed by atoms with Gasteiger partial charge in [0.2, 0.25) is 5.82 Å². The number of anilines is 1. The van der Waals surface area contributed by atoms with Crippen molar-refractivity contribution in [3.05, 3.63) is 70.3 Å². The number of aryl methyl sites for hydroxylation is 1. The zero-order valence-corrected chi connectivity index (χ0v) is 15.5. The lowest BCUT2D eigenvalue weighted by molar-refractivity contribution is 0.432. The van der Waals surface area contributed by atoms with Crippen LogP contribution in [0.15, 0.2) is 58.6 Å². The van der Waals surface area contributed by atoms with E-state index in [0.717, 1.165) is 18.8 Å². The summed E-state index contributed by atoms with van der Waals surface area (Å²) in [6, 6.07) is 12.0. The van der Waals surface area contributed by atoms with E-state index < -0.39 is 0 Å². The Balaban J connectivity index is 1.41. The van der Waals surface area contributed by atoms with Gasteiger partial charge in [0, 0.05) is 23.2 Å². The van der Waals surface area contributed by atoms with Crippen molar-refractivity contribution < 1.29 is 8.91 Å². The van der Waals surface area contributed by atoms with Crippen LogP contribution < -0.4 is 5.32 Å². The molecule has 0 spiro atoms. The molecule has 4 rings (SSSR count). The van der Waals surface area contributed by atoms with E-state index in [1.807, 2.05) is 12.1 Å². The molecule has 0 aliphatic rings. The maximum Gasteiger partial charge on any atom is 0.259 e. The smallest absolute Gasteiger partial charge is 0.259 e. The number of hydrogen-bond acceptors (Lipinski definition) is 6. The number of nitrogens with zero attached hydrogens (tertiary/aromatic N) is 3. The van der Waals surface area contributed by atoms with Crippen molar-refractivity contribution in [1.82, 2.24) is 15.1 Å². The van der Waals surface area contributed by atoms with Crippen LogP contribution in [0.1, 0.15) is 10.4 Å². The standard InChI is InChI=1S/C20H17FN4OS/c1-13-8-10-27-17(13)7-9-22-18-6-5-15(12-23-18)20-24-19(25-26-20)14-3-2-4-16(21)11-14/h2-6,8,10-12H,7,9H2,1H3,(H,22,23). The molecule has 4 aromatic rings. The number of aromatic nitrogens is 3. The van der Waals surface area contributed by atoms with Gasteiger partial charge < -0.3 is 9.84 Å². The monoisotopic (exact) mass is 380 g/mol. The highest BCUT2D eigenvalue weighted by atomic mass is 32.1. The summed E-state index contributed by atoms with van der Waals surface area (Å²) in [5.41, 5.74) is 2.61. The molecule has 3 heterocycles. The Morgan fingerprint density at radius 1 is 1.15 bits per heavy atom. The van der Waals surface area contributed by atoms with E-state index in [-0.39, 0.29) is 5.82 Å². The second kappa shape index (κ2) is 7.67. The number of pyridine rings is 1. The molecule has 0 aliphatic carbocycles. The molecule has 0 unspecified atom stereocenters. The third kappa shape index (κ3) is 4.03. The SMILES string of the molecule is Cc1ccsc1CCNc1ccc(-c2nc(-c3cccc(F)c3)no2)cn1. The lowest BCUT2D eigenvalue weighted by Crippen LogP contribution is -2.05. The zero-order valence-electron chi connectivity index (χ0n) is 14.6. The summed E-state index contributed by atoms with van der Waals surface area (Å²) in [5, 5.41) is 9.34. The first kappa shape index (κ1) is 17.4. The van der Waals surface area contributed by atoms with E-state index in [1.165, 1.54) is 22.6 Å². The zero-order chi connectivity index (χ0) is 18.6. The molecule has 0 bridgehead atoms. The number of halogens is 1. The number of benzene rings is 1. The van der Waals surface area contributed by atoms with E-state index in [0.29, 0.717) is 22.8 Å². The predicted octanol–water partition coefficient (Wildman–Crippen LogP) is 4.96. The molecule has 0 radical (unpaired) electrons. The van der Waals surface area contributed by atoms with Gasteiger partial charge in [-0.25, -0.2) is 9.37 Å². The Labute approximate surface area is 159 Å². The first-order chi connectivity index (χ1) is 13.2. The predicted molar refractivity (Wildman–Crippen MR) is 104 cm³/mol. The molecule has 0 atom stereocenters. The lowest BCUT2D eigenvalue weighted by atomic mass is 10.2. The number of nitrogens with one attached hydrogen (secondary N) is 1. The minimum Gasteiger partial charge on any atom is -0.370 e. The molecule has 5 nitrogen and oxygen atoms in total. The second-order valence-electron chi connectivity index (χ2n) is 6.07. The topological polar surface area (TPSA) is 63.8 Å². The number of hydrogen-bond donors (Lipinski definition) is 1. The number of thiophene rings is 1. The maximum atomic E-state index is 13.3. The summed E-state index contributed by atoms with van der Waals surface area (Å²) in [6.45, 7) is 2.94. The van der Waals surface area contributed by atoms with Crippen LogP contribution >= 0.6 is 11.3 Å². The molecule has 27 heavy (non-hydrogen) atoms. The van der Waals surface area contributed by atoms with Crippen molar-refractivity contribution in [3.8, 4) is 22.8 Å². The van der Waals surface area contributed by atoms with Gasteiger partial charge in [-0.2, -0.15) is 4.98 Å². The normalized spacial score (nSPS) is 10.9. The van der Waals surface area contributed by atoms with Gasteiger partial charge in [-0.15, -0.1) is 11.3 Å². The maximum absolute atomic E-state index is 13.3. The summed E-state index contributed by atoms with van der Waals surface area (Å²) in [5.74, 6) is 1.15. The summed E-state index contributed by atoms with van der Waals surface area (Å²) >= 11 is 1.77. The van der Waals surface area contributed by atoms with Crippen LogP contribution in [0.4, 0.5) is 10.2 Å². The van der Waals surface area contributed by atoms with E-state index in [9.17, 15) is 4.39 Å². The van der Waals surface area contributed by atoms with E-state index >= 15 is 0 Å². The van der Waals surface area contributed by atoms with Crippen LogP contribution in [-0.4, -0.2) is 21.7 Å². The van der Waals surface area contributed by atoms with Gasteiger partial charge in [0.15, 0.2) is 0 Å². The first-order valence-electron chi connectivity index (χ1n) is 8.52. The highest BCUT2D eigenvalue weighted by molar-refractivity contribution is 7.10. The molecule has 0 saturated carbocycles. The van der Waals surface area contributed by atoms with E-state index in [1.54, 1.807) is 29.7 Å². The Kier molecular flexibility index (Phi) is 4.93. The van der Waals surface area contributed by atoms with Crippen molar-refractivity contribution in [2.24, 2.45) is 0 Å². The molecule has 3 aromatic heterocycles. The summed E-state index contributed by atoms with van der Waals surface area (Å²) in [4.78, 5) is 10.1. The fourth-order valence-corrected chi connectivity index (χ4v) is 3.59. The minimum absolute atomic E-state index is 0.339. The average Bonchev–Trinajstić information content (AvgIpc) is 3.32. The van der Waals surface area contributed by atoms with Crippen LogP contribution in [0.5, 0.6) is 0 Å². The molecular weight excluding hydrogens is 363 g/mol. The van der Waals surface area contributed by atoms with E-state index in [4.69, 9.17) is 4.52 Å². The Hall–Kier alpha value is -3.06. The van der Waals surface area contributed by atoms with Gasteiger partial charge in [0.25, 0.3) is 5.89 Å². The minimum atomic E-state index is -0.339. The molecule has 1 N–H and O–H groups in total. The summed E-state index contributed by atoms with van der Waals surface area (Å²) in [7, 11) is 0. The van der Waals surface area contributed by atoms with Gasteiger partial charge in [0.05, 0.1) is 5.56 Å². The van der Waals surface area contributed by atoms with Gasteiger partial charge >= 0.3 is 0 Å². The van der Waals surface area contributed by atoms with Crippen molar-refractivity contribution in [2.75, 3.05) is 11.9 Å². The van der Waals surface area contributed by atoms with Crippen molar-refractivity contribution in [2.45, 2.75) is 13.3 Å². The molecule has 1 aromatic carbocycles. The van der Waals surface area contributed by atoms with Crippen molar-refractivity contribution in [3.63, 3.8) is 0 Å². The van der Waals surface area contributed by atoms with Crippen molar-refractivity contribution >= 4 is 17.2 Å². The highest BCUT2D eigenvalue weighted by Crippen LogP contribution is 2.23. The highest BCUT2D eigenvalue weighted by Gasteiger charge is 2.11. The molecule has 7 heteroatoms. The molecule has 0 aliphatic heterocycles. The van der Waals surface area contributed by atoms with Crippen LogP contribution in [0.3, 0.4) is 0 Å². The Morgan fingerprint density at radius 2 is 2.07 bits per heavy atom. The van der Waals surface area contributed by atoms with Crippen LogP contribution in [0.2, 0.25) is 0 Å². The van der Waals surface area contributed by atoms with Crippen LogP contribution in [0, 0.1) is 12.7 Å². The van der Waals surface area contributed by atoms with E-state index in [2.05, 4.69) is 38.8 Å². The number of rotatable bonds is 6. The molecule has 136 valence electrons. The molecular formula is C20H17FN4OS. The van der Waals surface area contributed by atoms with Gasteiger partial charge in [-0.3, -0.25) is 0 Å². The fourth-order valence-electron chi connectivity index (χ4n) is 2.67. The van der Waals surface area contributed by atoms with Crippen LogP contribution in [0.25, 0.3) is 22.8 Å². The van der Waals surface area contributed by atoms with Gasteiger partial charge in [-0.05, 0) is 54.6 Å². The quantitative estimate of drug-likeness (QED) is 0.512. The molecule has 0 saturated heterocycles. The van der Waals surface area contributed by atoms with Gasteiger partial charge in [0.1, 0.15) is 11.6 Å².